The van der Waals surface area contributed by atoms with Crippen molar-refractivity contribution in [1.82, 2.24) is 0 Å². The largest absolute Gasteiger partial charge is 0.488 e. The van der Waals surface area contributed by atoms with Crippen molar-refractivity contribution in [1.29, 1.82) is 0 Å². The van der Waals surface area contributed by atoms with Gasteiger partial charge in [-0.25, -0.2) is 9.59 Å². The molecule has 4 aromatic rings. The SMILES string of the molecule is Cc1c(OCc2ccccc2C(=O)O)ccc2c(-c3ccccc3)cc(=O)oc12. The Morgan fingerprint density at radius 2 is 1.72 bits per heavy atom. The lowest BCUT2D eigenvalue weighted by molar-refractivity contribution is 0.0694. The van der Waals surface area contributed by atoms with Crippen molar-refractivity contribution < 1.29 is 19.1 Å². The van der Waals surface area contributed by atoms with Crippen LogP contribution in [-0.4, -0.2) is 11.1 Å². The van der Waals surface area contributed by atoms with Gasteiger partial charge in [0.05, 0.1) is 5.56 Å². The monoisotopic (exact) mass is 386 g/mol. The molecule has 0 aliphatic rings. The average molecular weight is 386 g/mol. The van der Waals surface area contributed by atoms with Crippen LogP contribution in [0, 0.1) is 6.92 Å². The van der Waals surface area contributed by atoms with Crippen LogP contribution in [0.5, 0.6) is 5.75 Å². The van der Waals surface area contributed by atoms with Crippen LogP contribution in [0.3, 0.4) is 0 Å². The van der Waals surface area contributed by atoms with Crippen molar-refractivity contribution in [3.05, 3.63) is 99.9 Å². The smallest absolute Gasteiger partial charge is 0.336 e. The zero-order valence-corrected chi connectivity index (χ0v) is 15.7. The van der Waals surface area contributed by atoms with Crippen LogP contribution in [0.4, 0.5) is 0 Å². The highest BCUT2D eigenvalue weighted by atomic mass is 16.5. The number of fused-ring (bicyclic) bond motifs is 1. The molecule has 1 aromatic heterocycles. The maximum absolute atomic E-state index is 12.2. The molecule has 0 saturated heterocycles. The van der Waals surface area contributed by atoms with Crippen LogP contribution in [0.15, 0.2) is 82.0 Å². The first-order valence-corrected chi connectivity index (χ1v) is 9.11. The lowest BCUT2D eigenvalue weighted by Gasteiger charge is -2.13. The molecule has 144 valence electrons. The number of hydrogen-bond acceptors (Lipinski definition) is 4. The van der Waals surface area contributed by atoms with Crippen LogP contribution in [0.1, 0.15) is 21.5 Å². The number of aromatic carboxylic acids is 1. The minimum atomic E-state index is -1.00. The van der Waals surface area contributed by atoms with E-state index in [0.717, 1.165) is 16.5 Å². The average Bonchev–Trinajstić information content (AvgIpc) is 2.74. The first-order valence-electron chi connectivity index (χ1n) is 9.11. The predicted molar refractivity (Wildman–Crippen MR) is 110 cm³/mol. The summed E-state index contributed by atoms with van der Waals surface area (Å²) in [5, 5.41) is 10.1. The van der Waals surface area contributed by atoms with Gasteiger partial charge in [-0.05, 0) is 36.2 Å². The molecule has 0 aliphatic heterocycles. The van der Waals surface area contributed by atoms with Gasteiger partial charge >= 0.3 is 11.6 Å². The summed E-state index contributed by atoms with van der Waals surface area (Å²) in [6, 6.07) is 21.5. The molecular weight excluding hydrogens is 368 g/mol. The summed E-state index contributed by atoms with van der Waals surface area (Å²) in [7, 11) is 0. The number of ether oxygens (including phenoxy) is 1. The number of carboxylic acid groups (broad SMARTS) is 1. The van der Waals surface area contributed by atoms with E-state index in [1.54, 1.807) is 24.3 Å². The van der Waals surface area contributed by atoms with Crippen molar-refractivity contribution in [3.8, 4) is 16.9 Å². The highest BCUT2D eigenvalue weighted by molar-refractivity contribution is 5.95. The second kappa shape index (κ2) is 7.64. The number of benzene rings is 3. The molecule has 0 saturated carbocycles. The molecule has 5 heteroatoms. The fourth-order valence-electron chi connectivity index (χ4n) is 3.37. The number of carboxylic acids is 1. The van der Waals surface area contributed by atoms with Crippen LogP contribution in [-0.2, 0) is 6.61 Å². The van der Waals surface area contributed by atoms with Gasteiger partial charge in [0.15, 0.2) is 0 Å². The molecule has 0 spiro atoms. The summed E-state index contributed by atoms with van der Waals surface area (Å²) in [5.74, 6) is -0.469. The Kier molecular flexibility index (Phi) is 4.87. The minimum Gasteiger partial charge on any atom is -0.488 e. The topological polar surface area (TPSA) is 76.7 Å². The van der Waals surface area contributed by atoms with Gasteiger partial charge in [-0.2, -0.15) is 0 Å². The van der Waals surface area contributed by atoms with Gasteiger partial charge in [-0.3, -0.25) is 0 Å². The maximum Gasteiger partial charge on any atom is 0.336 e. The van der Waals surface area contributed by atoms with Gasteiger partial charge in [0.2, 0.25) is 0 Å². The molecule has 29 heavy (non-hydrogen) atoms. The Bertz CT molecular complexity index is 1260. The van der Waals surface area contributed by atoms with Crippen LogP contribution in [0.25, 0.3) is 22.1 Å². The molecule has 1 heterocycles. The predicted octanol–water partition coefficient (Wildman–Crippen LogP) is 5.05. The third kappa shape index (κ3) is 3.62. The summed E-state index contributed by atoms with van der Waals surface area (Å²) in [4.78, 5) is 23.5. The Hall–Kier alpha value is -3.86. The summed E-state index contributed by atoms with van der Waals surface area (Å²) < 4.78 is 11.4. The third-order valence-corrected chi connectivity index (χ3v) is 4.83. The fourth-order valence-corrected chi connectivity index (χ4v) is 3.37. The van der Waals surface area contributed by atoms with Gasteiger partial charge in [-0.15, -0.1) is 0 Å². The molecular formula is C24H18O5. The molecule has 0 unspecified atom stereocenters. The summed E-state index contributed by atoms with van der Waals surface area (Å²) in [6.45, 7) is 1.91. The molecule has 0 radical (unpaired) electrons. The van der Waals surface area contributed by atoms with E-state index in [9.17, 15) is 14.7 Å². The van der Waals surface area contributed by atoms with Crippen LogP contribution < -0.4 is 10.4 Å². The van der Waals surface area contributed by atoms with E-state index < -0.39 is 11.6 Å². The lowest BCUT2D eigenvalue weighted by atomic mass is 10.00. The number of hydrogen-bond donors (Lipinski definition) is 1. The Morgan fingerprint density at radius 3 is 2.48 bits per heavy atom. The fraction of sp³-hybridized carbons (Fsp3) is 0.0833. The second-order valence-electron chi connectivity index (χ2n) is 6.66. The van der Waals surface area contributed by atoms with E-state index in [1.807, 2.05) is 49.4 Å². The van der Waals surface area contributed by atoms with Gasteiger partial charge in [0, 0.05) is 22.6 Å². The van der Waals surface area contributed by atoms with Gasteiger partial charge < -0.3 is 14.3 Å². The van der Waals surface area contributed by atoms with Gasteiger partial charge in [-0.1, -0.05) is 48.5 Å². The first kappa shape index (κ1) is 18.5. The quantitative estimate of drug-likeness (QED) is 0.486. The molecule has 0 fully saturated rings. The lowest BCUT2D eigenvalue weighted by Crippen LogP contribution is -2.06. The van der Waals surface area contributed by atoms with Crippen molar-refractivity contribution in [2.24, 2.45) is 0 Å². The van der Waals surface area contributed by atoms with Crippen molar-refractivity contribution in [2.75, 3.05) is 0 Å². The van der Waals surface area contributed by atoms with E-state index in [4.69, 9.17) is 9.15 Å². The molecule has 5 nitrogen and oxygen atoms in total. The molecule has 4 rings (SSSR count). The van der Waals surface area contributed by atoms with Crippen LogP contribution in [0.2, 0.25) is 0 Å². The maximum atomic E-state index is 12.2. The number of carbonyl (C=O) groups is 1. The number of rotatable bonds is 5. The molecule has 1 N–H and O–H groups in total. The van der Waals surface area contributed by atoms with Crippen LogP contribution >= 0.6 is 0 Å². The van der Waals surface area contributed by atoms with Crippen molar-refractivity contribution in [3.63, 3.8) is 0 Å². The zero-order valence-electron chi connectivity index (χ0n) is 15.7. The van der Waals surface area contributed by atoms with Crippen molar-refractivity contribution >= 4 is 16.9 Å². The Labute approximate surface area is 166 Å². The van der Waals surface area contributed by atoms with E-state index in [2.05, 4.69) is 0 Å². The number of aryl methyl sites for hydroxylation is 1. The van der Waals surface area contributed by atoms with E-state index in [0.29, 0.717) is 22.5 Å². The van der Waals surface area contributed by atoms with E-state index in [-0.39, 0.29) is 12.2 Å². The first-order chi connectivity index (χ1) is 14.0. The molecule has 0 aliphatic carbocycles. The van der Waals surface area contributed by atoms with Gasteiger partial charge in [0.25, 0.3) is 0 Å². The zero-order chi connectivity index (χ0) is 20.4. The van der Waals surface area contributed by atoms with Gasteiger partial charge in [0.1, 0.15) is 17.9 Å². The normalized spacial score (nSPS) is 10.8. The Morgan fingerprint density at radius 1 is 1.00 bits per heavy atom. The molecule has 0 bridgehead atoms. The van der Waals surface area contributed by atoms with E-state index >= 15 is 0 Å². The highest BCUT2D eigenvalue weighted by Crippen LogP contribution is 2.33. The third-order valence-electron chi connectivity index (χ3n) is 4.83. The minimum absolute atomic E-state index is 0.0947. The summed E-state index contributed by atoms with van der Waals surface area (Å²) in [5.41, 5.74) is 3.19. The molecule has 0 atom stereocenters. The molecule has 0 amide bonds. The van der Waals surface area contributed by atoms with E-state index in [1.165, 1.54) is 6.07 Å². The Balaban J connectivity index is 1.74. The summed E-state index contributed by atoms with van der Waals surface area (Å²) >= 11 is 0. The van der Waals surface area contributed by atoms with Crippen molar-refractivity contribution in [2.45, 2.75) is 13.5 Å². The standard InChI is InChI=1S/C24H18O5/c1-15-21(28-14-17-9-5-6-10-18(17)24(26)27)12-11-19-20(13-22(25)29-23(15)19)16-7-3-2-4-8-16/h2-13H,14H2,1H3,(H,26,27). The summed E-state index contributed by atoms with van der Waals surface area (Å²) in [6.07, 6.45) is 0. The molecule has 3 aromatic carbocycles. The highest BCUT2D eigenvalue weighted by Gasteiger charge is 2.14. The second-order valence-corrected chi connectivity index (χ2v) is 6.66.